The molecule has 0 saturated heterocycles. The van der Waals surface area contributed by atoms with E-state index in [4.69, 9.17) is 0 Å². The molecule has 2 heterocycles. The summed E-state index contributed by atoms with van der Waals surface area (Å²) in [5.41, 5.74) is 2.58. The SMILES string of the molecule is C=CC(=O)Nc1ccc(-c2nc3c(NC(C(=O)O)c4ccccc4)ncnc3s2)cc1. The summed E-state index contributed by atoms with van der Waals surface area (Å²) in [4.78, 5) is 37.0. The quantitative estimate of drug-likeness (QED) is 0.377. The number of aliphatic carboxylic acids is 1. The number of anilines is 2. The maximum Gasteiger partial charge on any atom is 0.330 e. The van der Waals surface area contributed by atoms with E-state index < -0.39 is 12.0 Å². The van der Waals surface area contributed by atoms with Crippen molar-refractivity contribution in [3.8, 4) is 10.6 Å². The second-order valence-electron chi connectivity index (χ2n) is 6.49. The lowest BCUT2D eigenvalue weighted by atomic mass is 10.1. The van der Waals surface area contributed by atoms with E-state index in [0.29, 0.717) is 32.4 Å². The van der Waals surface area contributed by atoms with Gasteiger partial charge in [0.15, 0.2) is 11.9 Å². The van der Waals surface area contributed by atoms with E-state index in [1.165, 1.54) is 23.7 Å². The summed E-state index contributed by atoms with van der Waals surface area (Å²) in [7, 11) is 0. The number of thiazole rings is 1. The van der Waals surface area contributed by atoms with Crippen molar-refractivity contribution in [2.75, 3.05) is 10.6 Å². The average molecular weight is 431 g/mol. The number of aromatic nitrogens is 3. The van der Waals surface area contributed by atoms with Gasteiger partial charge in [0, 0.05) is 11.3 Å². The predicted octanol–water partition coefficient (Wildman–Crippen LogP) is 4.12. The van der Waals surface area contributed by atoms with E-state index >= 15 is 0 Å². The Morgan fingerprint density at radius 2 is 1.81 bits per heavy atom. The highest BCUT2D eigenvalue weighted by molar-refractivity contribution is 7.21. The standard InChI is InChI=1S/C22H17N5O3S/c1-2-16(28)25-15-10-8-14(9-11-15)20-27-18-19(23-12-24-21(18)31-20)26-17(22(29)30)13-6-4-3-5-7-13/h2-12,17H,1H2,(H,25,28)(H,29,30)(H,23,24,26). The summed E-state index contributed by atoms with van der Waals surface area (Å²) in [5, 5.41) is 16.1. The van der Waals surface area contributed by atoms with Crippen LogP contribution in [0.15, 0.2) is 73.6 Å². The number of carbonyl (C=O) groups is 2. The summed E-state index contributed by atoms with van der Waals surface area (Å²) in [6.45, 7) is 3.43. The molecule has 1 atom stereocenters. The number of hydrogen-bond donors (Lipinski definition) is 3. The molecule has 0 aliphatic rings. The lowest BCUT2D eigenvalue weighted by Crippen LogP contribution is -2.21. The first-order chi connectivity index (χ1) is 15.0. The fourth-order valence-corrected chi connectivity index (χ4v) is 3.86. The largest absolute Gasteiger partial charge is 0.479 e. The summed E-state index contributed by atoms with van der Waals surface area (Å²) >= 11 is 1.37. The maximum atomic E-state index is 11.8. The van der Waals surface area contributed by atoms with Crippen molar-refractivity contribution in [2.24, 2.45) is 0 Å². The fourth-order valence-electron chi connectivity index (χ4n) is 2.94. The van der Waals surface area contributed by atoms with Crippen LogP contribution < -0.4 is 10.6 Å². The Morgan fingerprint density at radius 1 is 1.06 bits per heavy atom. The molecule has 3 N–H and O–H groups in total. The Labute approximate surface area is 181 Å². The average Bonchev–Trinajstić information content (AvgIpc) is 3.23. The van der Waals surface area contributed by atoms with Crippen LogP contribution in [0.3, 0.4) is 0 Å². The van der Waals surface area contributed by atoms with Gasteiger partial charge in [0.05, 0.1) is 0 Å². The van der Waals surface area contributed by atoms with Crippen LogP contribution in [0.25, 0.3) is 20.9 Å². The van der Waals surface area contributed by atoms with Crippen molar-refractivity contribution in [2.45, 2.75) is 6.04 Å². The van der Waals surface area contributed by atoms with Crippen LogP contribution in [0.2, 0.25) is 0 Å². The van der Waals surface area contributed by atoms with Crippen molar-refractivity contribution >= 4 is 45.1 Å². The molecule has 8 nitrogen and oxygen atoms in total. The molecule has 0 radical (unpaired) electrons. The van der Waals surface area contributed by atoms with Crippen molar-refractivity contribution in [1.29, 1.82) is 0 Å². The molecule has 0 spiro atoms. The van der Waals surface area contributed by atoms with Gasteiger partial charge in [0.25, 0.3) is 0 Å². The summed E-state index contributed by atoms with van der Waals surface area (Å²) in [5.74, 6) is -0.964. The number of carboxylic acids is 1. The second kappa shape index (κ2) is 8.72. The first-order valence-corrected chi connectivity index (χ1v) is 10.1. The molecule has 1 unspecified atom stereocenters. The zero-order chi connectivity index (χ0) is 21.8. The molecule has 4 aromatic rings. The lowest BCUT2D eigenvalue weighted by Gasteiger charge is -2.15. The van der Waals surface area contributed by atoms with Gasteiger partial charge in [0.1, 0.15) is 21.7 Å². The van der Waals surface area contributed by atoms with Crippen molar-refractivity contribution in [3.05, 3.63) is 79.1 Å². The number of carboxylic acid groups (broad SMARTS) is 1. The molecule has 31 heavy (non-hydrogen) atoms. The van der Waals surface area contributed by atoms with Crippen LogP contribution in [0.1, 0.15) is 11.6 Å². The molecule has 2 aromatic carbocycles. The number of carbonyl (C=O) groups excluding carboxylic acids is 1. The molecule has 0 aliphatic carbocycles. The molecular weight excluding hydrogens is 414 g/mol. The molecular formula is C22H17N5O3S. The number of fused-ring (bicyclic) bond motifs is 1. The Hall–Kier alpha value is -4.11. The molecule has 0 bridgehead atoms. The molecule has 1 amide bonds. The van der Waals surface area contributed by atoms with Gasteiger partial charge >= 0.3 is 5.97 Å². The third-order valence-corrected chi connectivity index (χ3v) is 5.45. The van der Waals surface area contributed by atoms with Crippen molar-refractivity contribution in [3.63, 3.8) is 0 Å². The Balaban J connectivity index is 1.65. The van der Waals surface area contributed by atoms with Gasteiger partial charge in [-0.3, -0.25) is 4.79 Å². The number of amides is 1. The lowest BCUT2D eigenvalue weighted by molar-refractivity contribution is -0.138. The molecule has 9 heteroatoms. The zero-order valence-electron chi connectivity index (χ0n) is 16.1. The van der Waals surface area contributed by atoms with E-state index in [2.05, 4.69) is 32.2 Å². The smallest absolute Gasteiger partial charge is 0.330 e. The van der Waals surface area contributed by atoms with Gasteiger partial charge in [-0.15, -0.1) is 0 Å². The van der Waals surface area contributed by atoms with Crippen LogP contribution in [0.5, 0.6) is 0 Å². The number of rotatable bonds is 7. The van der Waals surface area contributed by atoms with Crippen LogP contribution in [-0.2, 0) is 9.59 Å². The van der Waals surface area contributed by atoms with E-state index in [1.807, 2.05) is 18.2 Å². The van der Waals surface area contributed by atoms with Crippen LogP contribution >= 0.6 is 11.3 Å². The topological polar surface area (TPSA) is 117 Å². The molecule has 154 valence electrons. The minimum Gasteiger partial charge on any atom is -0.479 e. The van der Waals surface area contributed by atoms with E-state index in [1.54, 1.807) is 36.4 Å². The fraction of sp³-hybridized carbons (Fsp3) is 0.0455. The Morgan fingerprint density at radius 3 is 2.48 bits per heavy atom. The second-order valence-corrected chi connectivity index (χ2v) is 7.47. The Bertz CT molecular complexity index is 1260. The van der Waals surface area contributed by atoms with Crippen molar-refractivity contribution in [1.82, 2.24) is 15.0 Å². The molecule has 0 fully saturated rings. The third kappa shape index (κ3) is 4.41. The van der Waals surface area contributed by atoms with Gasteiger partial charge < -0.3 is 15.7 Å². The van der Waals surface area contributed by atoms with Gasteiger partial charge in [0.2, 0.25) is 5.91 Å². The van der Waals surface area contributed by atoms with Gasteiger partial charge in [-0.25, -0.2) is 19.7 Å². The van der Waals surface area contributed by atoms with E-state index in [9.17, 15) is 14.7 Å². The predicted molar refractivity (Wildman–Crippen MR) is 120 cm³/mol. The third-order valence-electron chi connectivity index (χ3n) is 4.44. The van der Waals surface area contributed by atoms with E-state index in [0.717, 1.165) is 5.56 Å². The summed E-state index contributed by atoms with van der Waals surface area (Å²) in [6, 6.07) is 15.1. The van der Waals surface area contributed by atoms with Crippen LogP contribution in [-0.4, -0.2) is 31.9 Å². The van der Waals surface area contributed by atoms with Crippen LogP contribution in [0.4, 0.5) is 11.5 Å². The number of hydrogen-bond acceptors (Lipinski definition) is 7. The molecule has 4 rings (SSSR count). The molecule has 2 aromatic heterocycles. The molecule has 0 saturated carbocycles. The van der Waals surface area contributed by atoms with Crippen molar-refractivity contribution < 1.29 is 14.7 Å². The summed E-state index contributed by atoms with van der Waals surface area (Å²) in [6.07, 6.45) is 2.58. The minimum atomic E-state index is -1.02. The highest BCUT2D eigenvalue weighted by Gasteiger charge is 2.22. The maximum absolute atomic E-state index is 11.8. The molecule has 0 aliphatic heterocycles. The van der Waals surface area contributed by atoms with Gasteiger partial charge in [-0.1, -0.05) is 48.2 Å². The van der Waals surface area contributed by atoms with Gasteiger partial charge in [-0.05, 0) is 35.9 Å². The van der Waals surface area contributed by atoms with Crippen LogP contribution in [0, 0.1) is 0 Å². The number of nitrogens with zero attached hydrogens (tertiary/aromatic N) is 3. The van der Waals surface area contributed by atoms with E-state index in [-0.39, 0.29) is 5.91 Å². The first kappa shape index (κ1) is 20.2. The monoisotopic (exact) mass is 431 g/mol. The highest BCUT2D eigenvalue weighted by Crippen LogP contribution is 2.33. The highest BCUT2D eigenvalue weighted by atomic mass is 32.1. The summed E-state index contributed by atoms with van der Waals surface area (Å²) < 4.78 is 0. The normalized spacial score (nSPS) is 11.6. The minimum absolute atomic E-state index is 0.287. The Kier molecular flexibility index (Phi) is 5.67. The zero-order valence-corrected chi connectivity index (χ0v) is 17.0. The number of benzene rings is 2. The number of nitrogens with one attached hydrogen (secondary N) is 2. The first-order valence-electron chi connectivity index (χ1n) is 9.25. The van der Waals surface area contributed by atoms with Gasteiger partial charge in [-0.2, -0.15) is 0 Å².